The lowest BCUT2D eigenvalue weighted by atomic mass is 10.2. The van der Waals surface area contributed by atoms with E-state index in [4.69, 9.17) is 18.1 Å². The van der Waals surface area contributed by atoms with Gasteiger partial charge in [-0.1, -0.05) is 91.0 Å². The van der Waals surface area contributed by atoms with Crippen LogP contribution in [0, 0.1) is 0 Å². The molecule has 31 heavy (non-hydrogen) atoms. The fraction of sp³-hybridized carbons (Fsp3) is 0.217. The number of hydrogen-bond donors (Lipinski definition) is 0. The van der Waals surface area contributed by atoms with Crippen molar-refractivity contribution in [3.63, 3.8) is 0 Å². The highest BCUT2D eigenvalue weighted by Gasteiger charge is 2.38. The fourth-order valence-corrected chi connectivity index (χ4v) is 7.08. The van der Waals surface area contributed by atoms with E-state index in [2.05, 4.69) is 0 Å². The summed E-state index contributed by atoms with van der Waals surface area (Å²) in [6.07, 6.45) is 0. The lowest BCUT2D eigenvalue weighted by Gasteiger charge is -2.23. The molecule has 1 atom stereocenters. The summed E-state index contributed by atoms with van der Waals surface area (Å²) in [6, 6.07) is 27.9. The van der Waals surface area contributed by atoms with Crippen LogP contribution in [0.3, 0.4) is 0 Å². The van der Waals surface area contributed by atoms with Crippen molar-refractivity contribution >= 4 is 15.2 Å². The summed E-state index contributed by atoms with van der Waals surface area (Å²) in [5.41, 5.74) is 2.47. The summed E-state index contributed by atoms with van der Waals surface area (Å²) < 4.78 is 48.9. The molecule has 0 N–H and O–H groups in total. The summed E-state index contributed by atoms with van der Waals surface area (Å²) >= 11 is 0. The molecular weight excluding hydrogens is 434 g/mol. The van der Waals surface area contributed by atoms with Crippen LogP contribution in [0.5, 0.6) is 0 Å². The Kier molecular flexibility index (Phi) is 8.79. The van der Waals surface area contributed by atoms with Crippen LogP contribution in [0.4, 0.5) is 0 Å². The van der Waals surface area contributed by atoms with E-state index in [1.54, 1.807) is 0 Å². The first kappa shape index (κ1) is 23.6. The highest BCUT2D eigenvalue weighted by atomic mass is 31.2. The van der Waals surface area contributed by atoms with E-state index in [0.717, 1.165) is 16.7 Å². The standard InChI is InChI=1S/C23H26O6P2/c1-26-30(24,27-17-21-11-5-2-6-12-21)20-31(25,28-18-22-13-7-3-8-14-22)29-19-23-15-9-4-10-16-23/h2-16H,17-20H2,1H3. The van der Waals surface area contributed by atoms with E-state index < -0.39 is 21.1 Å². The third-order valence-corrected chi connectivity index (χ3v) is 9.33. The molecule has 0 heterocycles. The summed E-state index contributed by atoms with van der Waals surface area (Å²) in [4.78, 5) is 0. The average Bonchev–Trinajstić information content (AvgIpc) is 2.82. The Morgan fingerprint density at radius 3 is 1.19 bits per heavy atom. The van der Waals surface area contributed by atoms with E-state index in [0.29, 0.717) is 0 Å². The topological polar surface area (TPSA) is 71.1 Å². The zero-order chi connectivity index (χ0) is 22.0. The minimum absolute atomic E-state index is 0.0509. The molecule has 3 rings (SSSR count). The predicted molar refractivity (Wildman–Crippen MR) is 121 cm³/mol. The van der Waals surface area contributed by atoms with Gasteiger partial charge in [0.2, 0.25) is 0 Å². The molecule has 0 aliphatic rings. The maximum atomic E-state index is 13.6. The molecule has 3 aromatic rings. The van der Waals surface area contributed by atoms with Crippen molar-refractivity contribution in [2.75, 3.05) is 13.0 Å². The van der Waals surface area contributed by atoms with Crippen molar-refractivity contribution < 1.29 is 27.2 Å². The van der Waals surface area contributed by atoms with Gasteiger partial charge in [-0.2, -0.15) is 0 Å². The lowest BCUT2D eigenvalue weighted by molar-refractivity contribution is 0.187. The molecule has 0 bridgehead atoms. The normalized spacial score (nSPS) is 13.6. The third-order valence-electron chi connectivity index (χ3n) is 4.44. The highest BCUT2D eigenvalue weighted by molar-refractivity contribution is 7.71. The maximum Gasteiger partial charge on any atom is 0.343 e. The molecule has 8 heteroatoms. The van der Waals surface area contributed by atoms with Gasteiger partial charge in [0.25, 0.3) is 0 Å². The zero-order valence-electron chi connectivity index (χ0n) is 17.3. The van der Waals surface area contributed by atoms with Gasteiger partial charge < -0.3 is 18.1 Å². The summed E-state index contributed by atoms with van der Waals surface area (Å²) in [7, 11) is -6.30. The zero-order valence-corrected chi connectivity index (χ0v) is 19.1. The Hall–Kier alpha value is -2.04. The van der Waals surface area contributed by atoms with Gasteiger partial charge in [-0.05, 0) is 16.7 Å². The van der Waals surface area contributed by atoms with Crippen LogP contribution < -0.4 is 0 Å². The second-order valence-electron chi connectivity index (χ2n) is 6.82. The van der Waals surface area contributed by atoms with E-state index in [1.807, 2.05) is 91.0 Å². The molecule has 0 radical (unpaired) electrons. The summed E-state index contributed by atoms with van der Waals surface area (Å²) in [6.45, 7) is 0.161. The van der Waals surface area contributed by atoms with E-state index in [-0.39, 0.29) is 19.8 Å². The van der Waals surface area contributed by atoms with Crippen LogP contribution in [-0.4, -0.2) is 13.0 Å². The molecule has 3 aromatic carbocycles. The average molecular weight is 460 g/mol. The van der Waals surface area contributed by atoms with Gasteiger partial charge in [0.05, 0.1) is 19.8 Å². The first-order chi connectivity index (χ1) is 15.0. The molecule has 0 fully saturated rings. The molecule has 0 amide bonds. The van der Waals surface area contributed by atoms with Crippen LogP contribution in [-0.2, 0) is 47.0 Å². The molecule has 1 unspecified atom stereocenters. The minimum Gasteiger partial charge on any atom is -0.311 e. The van der Waals surface area contributed by atoms with Crippen molar-refractivity contribution in [2.24, 2.45) is 0 Å². The van der Waals surface area contributed by atoms with Gasteiger partial charge in [0.15, 0.2) is 5.90 Å². The summed E-state index contributed by atoms with van der Waals surface area (Å²) in [5, 5.41) is 0. The quantitative estimate of drug-likeness (QED) is 0.283. The van der Waals surface area contributed by atoms with Crippen LogP contribution >= 0.6 is 15.2 Å². The van der Waals surface area contributed by atoms with Crippen molar-refractivity contribution in [2.45, 2.75) is 19.8 Å². The number of hydrogen-bond acceptors (Lipinski definition) is 6. The van der Waals surface area contributed by atoms with Crippen molar-refractivity contribution in [3.05, 3.63) is 108 Å². The molecule has 0 saturated heterocycles. The molecule has 6 nitrogen and oxygen atoms in total. The molecule has 0 aliphatic carbocycles. The van der Waals surface area contributed by atoms with Gasteiger partial charge in [-0.25, -0.2) is 0 Å². The Labute approximate surface area is 183 Å². The smallest absolute Gasteiger partial charge is 0.311 e. The first-order valence-corrected chi connectivity index (χ1v) is 13.3. The third kappa shape index (κ3) is 7.86. The summed E-state index contributed by atoms with van der Waals surface area (Å²) in [5.74, 6) is -0.483. The second-order valence-corrected chi connectivity index (χ2v) is 11.5. The predicted octanol–water partition coefficient (Wildman–Crippen LogP) is 6.63. The molecule has 0 saturated carbocycles. The van der Waals surface area contributed by atoms with Gasteiger partial charge in [0.1, 0.15) is 0 Å². The molecule has 0 spiro atoms. The molecule has 0 aliphatic heterocycles. The van der Waals surface area contributed by atoms with Crippen molar-refractivity contribution in [1.29, 1.82) is 0 Å². The largest absolute Gasteiger partial charge is 0.343 e. The van der Waals surface area contributed by atoms with Crippen LogP contribution in [0.25, 0.3) is 0 Å². The number of rotatable bonds is 12. The first-order valence-electron chi connectivity index (χ1n) is 9.79. The van der Waals surface area contributed by atoms with Crippen LogP contribution in [0.15, 0.2) is 91.0 Å². The monoisotopic (exact) mass is 460 g/mol. The number of benzene rings is 3. The Morgan fingerprint density at radius 1 is 0.548 bits per heavy atom. The second kappa shape index (κ2) is 11.5. The van der Waals surface area contributed by atoms with Crippen molar-refractivity contribution in [3.8, 4) is 0 Å². The maximum absolute atomic E-state index is 13.6. The SMILES string of the molecule is COP(=O)(CP(=O)(OCc1ccccc1)OCc1ccccc1)OCc1ccccc1. The van der Waals surface area contributed by atoms with Gasteiger partial charge in [-0.3, -0.25) is 9.13 Å². The van der Waals surface area contributed by atoms with E-state index in [1.165, 1.54) is 7.11 Å². The Balaban J connectivity index is 1.72. The molecular formula is C23H26O6P2. The molecule has 164 valence electrons. The van der Waals surface area contributed by atoms with E-state index >= 15 is 0 Å². The molecule has 0 aromatic heterocycles. The van der Waals surface area contributed by atoms with Gasteiger partial charge in [0, 0.05) is 7.11 Å². The lowest BCUT2D eigenvalue weighted by Crippen LogP contribution is -2.05. The Bertz CT molecular complexity index is 965. The van der Waals surface area contributed by atoms with Crippen molar-refractivity contribution in [1.82, 2.24) is 0 Å². The van der Waals surface area contributed by atoms with Crippen LogP contribution in [0.1, 0.15) is 16.7 Å². The van der Waals surface area contributed by atoms with E-state index in [9.17, 15) is 9.13 Å². The fourth-order valence-electron chi connectivity index (χ4n) is 2.72. The minimum atomic E-state index is -3.82. The van der Waals surface area contributed by atoms with Gasteiger partial charge in [-0.15, -0.1) is 0 Å². The van der Waals surface area contributed by atoms with Gasteiger partial charge >= 0.3 is 15.2 Å². The highest BCUT2D eigenvalue weighted by Crippen LogP contribution is 2.64. The Morgan fingerprint density at radius 2 is 0.871 bits per heavy atom. The van der Waals surface area contributed by atoms with Crippen LogP contribution in [0.2, 0.25) is 0 Å².